The van der Waals surface area contributed by atoms with Crippen molar-refractivity contribution >= 4 is 18.3 Å². The normalized spacial score (nSPS) is 32.1. The van der Waals surface area contributed by atoms with Gasteiger partial charge in [-0.2, -0.15) is 0 Å². The number of hydrogen-bond donors (Lipinski definition) is 2. The third kappa shape index (κ3) is 3.36. The molecule has 0 saturated heterocycles. The van der Waals surface area contributed by atoms with Crippen LogP contribution in [0.2, 0.25) is 0 Å². The Labute approximate surface area is 104 Å². The van der Waals surface area contributed by atoms with E-state index in [0.29, 0.717) is 6.04 Å². The van der Waals surface area contributed by atoms with E-state index in [4.69, 9.17) is 5.73 Å². The minimum absolute atomic E-state index is 0. The van der Waals surface area contributed by atoms with Crippen LogP contribution in [0, 0.1) is 5.92 Å². The lowest BCUT2D eigenvalue weighted by molar-refractivity contribution is -0.124. The molecule has 16 heavy (non-hydrogen) atoms. The van der Waals surface area contributed by atoms with Crippen molar-refractivity contribution in [1.29, 1.82) is 0 Å². The van der Waals surface area contributed by atoms with E-state index in [1.54, 1.807) is 0 Å². The maximum atomic E-state index is 11.8. The molecule has 4 heteroatoms. The number of amides is 1. The summed E-state index contributed by atoms with van der Waals surface area (Å²) < 4.78 is 0. The molecule has 0 aromatic heterocycles. The van der Waals surface area contributed by atoms with Gasteiger partial charge in [-0.1, -0.05) is 19.8 Å². The summed E-state index contributed by atoms with van der Waals surface area (Å²) in [6.45, 7) is 2.30. The molecule has 2 rings (SSSR count). The second kappa shape index (κ2) is 5.37. The minimum Gasteiger partial charge on any atom is -0.352 e. The van der Waals surface area contributed by atoms with Gasteiger partial charge in [-0.15, -0.1) is 12.4 Å². The smallest absolute Gasteiger partial charge is 0.240 e. The molecule has 3 nitrogen and oxygen atoms in total. The fourth-order valence-corrected chi connectivity index (χ4v) is 2.32. The van der Waals surface area contributed by atoms with Gasteiger partial charge in [0.05, 0.1) is 5.54 Å². The Balaban J connectivity index is 0.00000128. The summed E-state index contributed by atoms with van der Waals surface area (Å²) >= 11 is 0. The van der Waals surface area contributed by atoms with Gasteiger partial charge < -0.3 is 11.1 Å². The average molecular weight is 247 g/mol. The number of carbonyl (C=O) groups is 1. The van der Waals surface area contributed by atoms with Gasteiger partial charge in [-0.3, -0.25) is 4.79 Å². The highest BCUT2D eigenvalue weighted by molar-refractivity contribution is 5.89. The average Bonchev–Trinajstić information content (AvgIpc) is 2.95. The fourth-order valence-electron chi connectivity index (χ4n) is 2.32. The zero-order valence-electron chi connectivity index (χ0n) is 10.00. The first-order chi connectivity index (χ1) is 7.10. The van der Waals surface area contributed by atoms with Crippen molar-refractivity contribution in [1.82, 2.24) is 5.32 Å². The summed E-state index contributed by atoms with van der Waals surface area (Å²) in [6, 6.07) is 0.378. The molecule has 0 aromatic rings. The topological polar surface area (TPSA) is 55.1 Å². The van der Waals surface area contributed by atoms with Gasteiger partial charge in [-0.05, 0) is 38.0 Å². The Morgan fingerprint density at radius 1 is 1.25 bits per heavy atom. The zero-order valence-corrected chi connectivity index (χ0v) is 10.8. The Kier molecular flexibility index (Phi) is 4.62. The Morgan fingerprint density at radius 2 is 1.94 bits per heavy atom. The van der Waals surface area contributed by atoms with Crippen molar-refractivity contribution in [2.24, 2.45) is 11.7 Å². The molecule has 3 N–H and O–H groups in total. The van der Waals surface area contributed by atoms with Crippen molar-refractivity contribution in [3.63, 3.8) is 0 Å². The van der Waals surface area contributed by atoms with Crippen LogP contribution in [0.5, 0.6) is 0 Å². The third-order valence-electron chi connectivity index (χ3n) is 3.83. The molecule has 94 valence electrons. The van der Waals surface area contributed by atoms with Crippen LogP contribution in [-0.2, 0) is 4.79 Å². The molecular formula is C12H23ClN2O. The quantitative estimate of drug-likeness (QED) is 0.733. The van der Waals surface area contributed by atoms with E-state index in [-0.39, 0.29) is 18.3 Å². The number of halogens is 1. The van der Waals surface area contributed by atoms with E-state index in [0.717, 1.165) is 31.6 Å². The maximum Gasteiger partial charge on any atom is 0.240 e. The van der Waals surface area contributed by atoms with Crippen LogP contribution in [0.3, 0.4) is 0 Å². The van der Waals surface area contributed by atoms with Crippen LogP contribution >= 0.6 is 12.4 Å². The van der Waals surface area contributed by atoms with Gasteiger partial charge in [0.2, 0.25) is 5.91 Å². The highest BCUT2D eigenvalue weighted by Crippen LogP contribution is 2.33. The highest BCUT2D eigenvalue weighted by Gasteiger charge is 2.46. The summed E-state index contributed by atoms with van der Waals surface area (Å²) in [7, 11) is 0. The summed E-state index contributed by atoms with van der Waals surface area (Å²) in [5, 5.41) is 3.12. The van der Waals surface area contributed by atoms with Gasteiger partial charge in [0.15, 0.2) is 0 Å². The van der Waals surface area contributed by atoms with Crippen molar-refractivity contribution in [3.8, 4) is 0 Å². The lowest BCUT2D eigenvalue weighted by Crippen LogP contribution is -2.47. The number of rotatable bonds is 2. The number of nitrogens with one attached hydrogen (secondary N) is 1. The molecule has 0 bridgehead atoms. The molecule has 2 atom stereocenters. The standard InChI is InChI=1S/C12H22N2O.ClH/c1-9-3-2-4-10(6-5-9)14-11(15)12(13)7-8-12;/h9-10H,2-8,13H2,1H3,(H,14,15);1H. The molecule has 0 radical (unpaired) electrons. The molecule has 2 saturated carbocycles. The lowest BCUT2D eigenvalue weighted by atomic mass is 10.0. The third-order valence-corrected chi connectivity index (χ3v) is 3.83. The number of carbonyl (C=O) groups excluding carboxylic acids is 1. The predicted octanol–water partition coefficient (Wildman–Crippen LogP) is 1.98. The van der Waals surface area contributed by atoms with Crippen molar-refractivity contribution in [2.45, 2.75) is 63.5 Å². The van der Waals surface area contributed by atoms with Gasteiger partial charge >= 0.3 is 0 Å². The molecule has 0 heterocycles. The Hall–Kier alpha value is -0.280. The SMILES string of the molecule is CC1CCCC(NC(=O)C2(N)CC2)CC1.Cl. The summed E-state index contributed by atoms with van der Waals surface area (Å²) in [5.74, 6) is 0.904. The molecule has 0 aromatic carbocycles. The van der Waals surface area contributed by atoms with Crippen molar-refractivity contribution in [2.75, 3.05) is 0 Å². The van der Waals surface area contributed by atoms with E-state index in [9.17, 15) is 4.79 Å². The molecule has 2 fully saturated rings. The Bertz CT molecular complexity index is 253. The molecule has 2 unspecified atom stereocenters. The first kappa shape index (κ1) is 13.8. The molecule has 2 aliphatic rings. The largest absolute Gasteiger partial charge is 0.352 e. The van der Waals surface area contributed by atoms with E-state index in [1.165, 1.54) is 19.3 Å². The summed E-state index contributed by atoms with van der Waals surface area (Å²) in [6.07, 6.45) is 7.77. The Morgan fingerprint density at radius 3 is 2.56 bits per heavy atom. The van der Waals surface area contributed by atoms with Gasteiger partial charge in [0.1, 0.15) is 0 Å². The summed E-state index contributed by atoms with van der Waals surface area (Å²) in [5.41, 5.74) is 5.36. The van der Waals surface area contributed by atoms with Crippen LogP contribution in [-0.4, -0.2) is 17.5 Å². The molecular weight excluding hydrogens is 224 g/mol. The highest BCUT2D eigenvalue weighted by atomic mass is 35.5. The van der Waals surface area contributed by atoms with E-state index in [1.807, 2.05) is 0 Å². The minimum atomic E-state index is -0.502. The number of nitrogens with two attached hydrogens (primary N) is 1. The number of hydrogen-bond acceptors (Lipinski definition) is 2. The predicted molar refractivity (Wildman–Crippen MR) is 67.6 cm³/mol. The van der Waals surface area contributed by atoms with Crippen molar-refractivity contribution < 1.29 is 4.79 Å². The lowest BCUT2D eigenvalue weighted by Gasteiger charge is -2.19. The van der Waals surface area contributed by atoms with Crippen LogP contribution < -0.4 is 11.1 Å². The second-order valence-electron chi connectivity index (χ2n) is 5.44. The van der Waals surface area contributed by atoms with Gasteiger partial charge in [0.25, 0.3) is 0 Å². The van der Waals surface area contributed by atoms with Crippen LogP contribution in [0.1, 0.15) is 51.9 Å². The molecule has 0 aliphatic heterocycles. The monoisotopic (exact) mass is 246 g/mol. The fraction of sp³-hybridized carbons (Fsp3) is 0.917. The summed E-state index contributed by atoms with van der Waals surface area (Å²) in [4.78, 5) is 11.8. The van der Waals surface area contributed by atoms with Crippen LogP contribution in [0.15, 0.2) is 0 Å². The molecule has 2 aliphatic carbocycles. The van der Waals surface area contributed by atoms with E-state index >= 15 is 0 Å². The van der Waals surface area contributed by atoms with E-state index < -0.39 is 5.54 Å². The first-order valence-corrected chi connectivity index (χ1v) is 6.20. The molecule has 0 spiro atoms. The van der Waals surface area contributed by atoms with Crippen LogP contribution in [0.4, 0.5) is 0 Å². The first-order valence-electron chi connectivity index (χ1n) is 6.20. The maximum absolute atomic E-state index is 11.8. The second-order valence-corrected chi connectivity index (χ2v) is 5.44. The van der Waals surface area contributed by atoms with Crippen LogP contribution in [0.25, 0.3) is 0 Å². The van der Waals surface area contributed by atoms with Gasteiger partial charge in [-0.25, -0.2) is 0 Å². The zero-order chi connectivity index (χ0) is 10.9. The van der Waals surface area contributed by atoms with E-state index in [2.05, 4.69) is 12.2 Å². The van der Waals surface area contributed by atoms with Gasteiger partial charge in [0, 0.05) is 6.04 Å². The molecule has 1 amide bonds. The van der Waals surface area contributed by atoms with Crippen molar-refractivity contribution in [3.05, 3.63) is 0 Å².